The van der Waals surface area contributed by atoms with Crippen LogP contribution in [0, 0.1) is 0 Å². The molecule has 0 saturated carbocycles. The van der Waals surface area contributed by atoms with E-state index in [0.717, 1.165) is 18.8 Å². The number of hydrogen-bond acceptors (Lipinski definition) is 3. The van der Waals surface area contributed by atoms with Gasteiger partial charge in [0.15, 0.2) is 5.96 Å². The highest BCUT2D eigenvalue weighted by Gasteiger charge is 2.20. The summed E-state index contributed by atoms with van der Waals surface area (Å²) in [6.45, 7) is 7.56. The Morgan fingerprint density at radius 3 is 2.60 bits per heavy atom. The number of rotatable bonds is 4. The lowest BCUT2D eigenvalue weighted by Gasteiger charge is -2.29. The Balaban J connectivity index is 1.90. The molecule has 1 fully saturated rings. The highest BCUT2D eigenvalue weighted by molar-refractivity contribution is 5.78. The minimum Gasteiger partial charge on any atom is -0.486 e. The molecule has 110 valence electrons. The van der Waals surface area contributed by atoms with E-state index < -0.39 is 5.60 Å². The fourth-order valence-corrected chi connectivity index (χ4v) is 2.00. The molecule has 1 heterocycles. The zero-order valence-corrected chi connectivity index (χ0v) is 12.2. The van der Waals surface area contributed by atoms with Gasteiger partial charge >= 0.3 is 0 Å². The van der Waals surface area contributed by atoms with Crippen molar-refractivity contribution in [2.75, 3.05) is 32.8 Å². The Kier molecular flexibility index (Phi) is 4.84. The van der Waals surface area contributed by atoms with Gasteiger partial charge in [0.1, 0.15) is 11.4 Å². The topological polar surface area (TPSA) is 60.1 Å². The number of aliphatic imine (C=N–C) groups is 1. The highest BCUT2D eigenvalue weighted by atomic mass is 16.5. The van der Waals surface area contributed by atoms with Crippen molar-refractivity contribution in [1.82, 2.24) is 4.90 Å². The molecule has 2 N–H and O–H groups in total. The number of ether oxygens (including phenoxy) is 2. The number of benzene rings is 1. The second-order valence-electron chi connectivity index (χ2n) is 5.45. The van der Waals surface area contributed by atoms with Gasteiger partial charge in [-0.1, -0.05) is 18.2 Å². The van der Waals surface area contributed by atoms with E-state index in [2.05, 4.69) is 4.99 Å². The fourth-order valence-electron chi connectivity index (χ4n) is 2.00. The van der Waals surface area contributed by atoms with Crippen molar-refractivity contribution in [3.05, 3.63) is 30.3 Å². The first-order valence-electron chi connectivity index (χ1n) is 6.93. The van der Waals surface area contributed by atoms with Crippen LogP contribution in [-0.4, -0.2) is 49.3 Å². The molecule has 1 saturated heterocycles. The molecule has 20 heavy (non-hydrogen) atoms. The quantitative estimate of drug-likeness (QED) is 0.669. The molecule has 0 radical (unpaired) electrons. The third-order valence-corrected chi connectivity index (χ3v) is 3.09. The van der Waals surface area contributed by atoms with Crippen molar-refractivity contribution >= 4 is 5.96 Å². The first-order chi connectivity index (χ1) is 9.57. The Morgan fingerprint density at radius 1 is 1.30 bits per heavy atom. The van der Waals surface area contributed by atoms with Crippen LogP contribution < -0.4 is 10.5 Å². The van der Waals surface area contributed by atoms with Gasteiger partial charge < -0.3 is 20.1 Å². The molecule has 1 aromatic carbocycles. The molecule has 5 nitrogen and oxygen atoms in total. The zero-order chi connectivity index (χ0) is 14.4. The van der Waals surface area contributed by atoms with Crippen LogP contribution in [0.5, 0.6) is 5.75 Å². The lowest BCUT2D eigenvalue weighted by atomic mass is 10.1. The average molecular weight is 277 g/mol. The molecule has 0 aromatic heterocycles. The minimum atomic E-state index is -0.391. The normalized spacial score (nSPS) is 17.1. The lowest BCUT2D eigenvalue weighted by Crippen LogP contribution is -2.45. The summed E-state index contributed by atoms with van der Waals surface area (Å²) in [5.74, 6) is 1.41. The number of nitrogens with zero attached hydrogens (tertiary/aromatic N) is 2. The third kappa shape index (κ3) is 4.42. The van der Waals surface area contributed by atoms with Crippen molar-refractivity contribution in [3.63, 3.8) is 0 Å². The van der Waals surface area contributed by atoms with Crippen LogP contribution in [0.25, 0.3) is 0 Å². The molecule has 1 aliphatic rings. The first kappa shape index (κ1) is 14.7. The summed E-state index contributed by atoms with van der Waals surface area (Å²) in [6, 6.07) is 9.76. The predicted octanol–water partition coefficient (Wildman–Crippen LogP) is 1.49. The molecule has 0 amide bonds. The van der Waals surface area contributed by atoms with E-state index in [1.807, 2.05) is 49.1 Å². The molecule has 1 aliphatic heterocycles. The molecule has 0 spiro atoms. The number of para-hydroxylation sites is 1. The maximum Gasteiger partial charge on any atom is 0.191 e. The maximum absolute atomic E-state index is 6.01. The van der Waals surface area contributed by atoms with Crippen LogP contribution in [0.15, 0.2) is 35.3 Å². The Labute approximate surface area is 120 Å². The van der Waals surface area contributed by atoms with Gasteiger partial charge in [-0.3, -0.25) is 0 Å². The first-order valence-corrected chi connectivity index (χ1v) is 6.93. The number of hydrogen-bond donors (Lipinski definition) is 1. The molecule has 2 rings (SSSR count). The molecule has 0 aliphatic carbocycles. The summed E-state index contributed by atoms with van der Waals surface area (Å²) in [7, 11) is 0. The minimum absolute atomic E-state index is 0.391. The monoisotopic (exact) mass is 277 g/mol. The van der Waals surface area contributed by atoms with E-state index in [1.54, 1.807) is 0 Å². The summed E-state index contributed by atoms with van der Waals surface area (Å²) in [6.07, 6.45) is 0. The van der Waals surface area contributed by atoms with Crippen LogP contribution >= 0.6 is 0 Å². The largest absolute Gasteiger partial charge is 0.486 e. The van der Waals surface area contributed by atoms with E-state index >= 15 is 0 Å². The standard InChI is InChI=1S/C15H23N3O2/c1-15(2,20-13-6-4-3-5-7-13)12-17-14(16)18-8-10-19-11-9-18/h3-7H,8-12H2,1-2H3,(H2,16,17). The van der Waals surface area contributed by atoms with E-state index in [9.17, 15) is 0 Å². The number of guanidine groups is 1. The van der Waals surface area contributed by atoms with Crippen molar-refractivity contribution < 1.29 is 9.47 Å². The van der Waals surface area contributed by atoms with Crippen LogP contribution in [0.4, 0.5) is 0 Å². The predicted molar refractivity (Wildman–Crippen MR) is 80.0 cm³/mol. The van der Waals surface area contributed by atoms with Crippen molar-refractivity contribution in [2.24, 2.45) is 10.7 Å². The number of nitrogens with two attached hydrogens (primary N) is 1. The highest BCUT2D eigenvalue weighted by Crippen LogP contribution is 2.18. The van der Waals surface area contributed by atoms with Crippen LogP contribution in [0.3, 0.4) is 0 Å². The molecule has 0 atom stereocenters. The molecule has 1 aromatic rings. The third-order valence-electron chi connectivity index (χ3n) is 3.09. The molecular formula is C15H23N3O2. The summed E-state index contributed by atoms with van der Waals surface area (Å²) >= 11 is 0. The Bertz CT molecular complexity index is 440. The van der Waals surface area contributed by atoms with Gasteiger partial charge in [-0.2, -0.15) is 0 Å². The maximum atomic E-state index is 6.01. The Morgan fingerprint density at radius 2 is 1.95 bits per heavy atom. The second kappa shape index (κ2) is 6.61. The fraction of sp³-hybridized carbons (Fsp3) is 0.533. The van der Waals surface area contributed by atoms with Gasteiger partial charge in [0.05, 0.1) is 19.8 Å². The van der Waals surface area contributed by atoms with E-state index in [-0.39, 0.29) is 0 Å². The number of morpholine rings is 1. The van der Waals surface area contributed by atoms with E-state index in [1.165, 1.54) is 0 Å². The van der Waals surface area contributed by atoms with Crippen LogP contribution in [-0.2, 0) is 4.74 Å². The summed E-state index contributed by atoms with van der Waals surface area (Å²) in [5, 5.41) is 0. The van der Waals surface area contributed by atoms with Crippen molar-refractivity contribution in [2.45, 2.75) is 19.4 Å². The van der Waals surface area contributed by atoms with E-state index in [0.29, 0.717) is 25.7 Å². The second-order valence-corrected chi connectivity index (χ2v) is 5.45. The average Bonchev–Trinajstić information content (AvgIpc) is 2.46. The summed E-state index contributed by atoms with van der Waals surface area (Å²) in [5.41, 5.74) is 5.62. The smallest absolute Gasteiger partial charge is 0.191 e. The van der Waals surface area contributed by atoms with Crippen molar-refractivity contribution in [1.29, 1.82) is 0 Å². The molecule has 5 heteroatoms. The summed E-state index contributed by atoms with van der Waals surface area (Å²) < 4.78 is 11.2. The summed E-state index contributed by atoms with van der Waals surface area (Å²) in [4.78, 5) is 6.50. The SMILES string of the molecule is CC(C)(CN=C(N)N1CCOCC1)Oc1ccccc1. The van der Waals surface area contributed by atoms with Gasteiger partial charge in [-0.05, 0) is 26.0 Å². The van der Waals surface area contributed by atoms with Crippen LogP contribution in [0.2, 0.25) is 0 Å². The molecular weight excluding hydrogens is 254 g/mol. The van der Waals surface area contributed by atoms with E-state index in [4.69, 9.17) is 15.2 Å². The van der Waals surface area contributed by atoms with Crippen LogP contribution in [0.1, 0.15) is 13.8 Å². The lowest BCUT2D eigenvalue weighted by molar-refractivity contribution is 0.0669. The van der Waals surface area contributed by atoms with Gasteiger partial charge in [-0.25, -0.2) is 4.99 Å². The van der Waals surface area contributed by atoms with Gasteiger partial charge in [0, 0.05) is 13.1 Å². The molecule has 0 unspecified atom stereocenters. The molecule has 0 bridgehead atoms. The van der Waals surface area contributed by atoms with Gasteiger partial charge in [0.25, 0.3) is 0 Å². The van der Waals surface area contributed by atoms with Gasteiger partial charge in [-0.15, -0.1) is 0 Å². The Hall–Kier alpha value is -1.75. The van der Waals surface area contributed by atoms with Crippen molar-refractivity contribution in [3.8, 4) is 5.75 Å². The van der Waals surface area contributed by atoms with Gasteiger partial charge in [0.2, 0.25) is 0 Å². The zero-order valence-electron chi connectivity index (χ0n) is 12.2.